The molecule has 1 aromatic carbocycles. The summed E-state index contributed by atoms with van der Waals surface area (Å²) in [6, 6.07) is 8.97. The van der Waals surface area contributed by atoms with Crippen molar-refractivity contribution in [2.24, 2.45) is 5.73 Å². The van der Waals surface area contributed by atoms with Gasteiger partial charge in [0.2, 0.25) is 0 Å². The van der Waals surface area contributed by atoms with Crippen molar-refractivity contribution in [2.45, 2.75) is 6.54 Å². The van der Waals surface area contributed by atoms with Crippen molar-refractivity contribution in [3.05, 3.63) is 53.9 Å². The van der Waals surface area contributed by atoms with Crippen molar-refractivity contribution < 1.29 is 9.53 Å². The van der Waals surface area contributed by atoms with Gasteiger partial charge >= 0.3 is 0 Å². The second kappa shape index (κ2) is 4.84. The Hall–Kier alpha value is -2.07. The van der Waals surface area contributed by atoms with Crippen LogP contribution in [0.15, 0.2) is 42.7 Å². The summed E-state index contributed by atoms with van der Waals surface area (Å²) in [7, 11) is 1.55. The van der Waals surface area contributed by atoms with E-state index in [0.29, 0.717) is 17.9 Å². The molecule has 0 aliphatic rings. The quantitative estimate of drug-likeness (QED) is 0.872. The molecule has 0 amide bonds. The van der Waals surface area contributed by atoms with Gasteiger partial charge in [0.15, 0.2) is 0 Å². The maximum atomic E-state index is 12.2. The fraction of sp³-hybridized carbons (Fsp3) is 0.154. The molecule has 17 heavy (non-hydrogen) atoms. The van der Waals surface area contributed by atoms with Gasteiger partial charge in [-0.1, -0.05) is 12.1 Å². The molecule has 0 saturated carbocycles. The number of carbonyl (C=O) groups excluding carboxylic acids is 1. The number of ether oxygens (including phenoxy) is 1. The van der Waals surface area contributed by atoms with Gasteiger partial charge in [0.05, 0.1) is 12.7 Å². The zero-order valence-corrected chi connectivity index (χ0v) is 9.59. The highest BCUT2D eigenvalue weighted by atomic mass is 16.5. The number of rotatable bonds is 3. The summed E-state index contributed by atoms with van der Waals surface area (Å²) in [4.78, 5) is 12.2. The van der Waals surface area contributed by atoms with Crippen LogP contribution in [0, 0.1) is 0 Å². The molecular weight excluding hydrogens is 216 g/mol. The van der Waals surface area contributed by atoms with Gasteiger partial charge in [0.1, 0.15) is 5.75 Å². The highest BCUT2D eigenvalue weighted by molar-refractivity contribution is 5.98. The third kappa shape index (κ3) is 2.21. The first-order chi connectivity index (χ1) is 8.26. The average Bonchev–Trinajstić information content (AvgIpc) is 2.86. The largest absolute Gasteiger partial charge is 0.496 e. The number of hydrogen-bond donors (Lipinski definition) is 1. The molecular formula is C13H14N2O2. The second-order valence-corrected chi connectivity index (χ2v) is 3.64. The second-order valence-electron chi connectivity index (χ2n) is 3.64. The van der Waals surface area contributed by atoms with Crippen LogP contribution < -0.4 is 10.5 Å². The molecule has 2 aromatic rings. The standard InChI is InChI=1S/C13H14N2O2/c1-17-12-5-3-2-4-11(12)13(16)15-7-6-10(8-14)9-15/h2-7,9H,8,14H2,1H3. The van der Waals surface area contributed by atoms with Crippen LogP contribution in [0.25, 0.3) is 0 Å². The van der Waals surface area contributed by atoms with E-state index < -0.39 is 0 Å². The van der Waals surface area contributed by atoms with E-state index in [2.05, 4.69) is 0 Å². The van der Waals surface area contributed by atoms with Crippen molar-refractivity contribution in [1.82, 2.24) is 4.57 Å². The van der Waals surface area contributed by atoms with Gasteiger partial charge in [0.25, 0.3) is 5.91 Å². The predicted molar refractivity (Wildman–Crippen MR) is 65.0 cm³/mol. The van der Waals surface area contributed by atoms with E-state index in [9.17, 15) is 4.79 Å². The minimum Gasteiger partial charge on any atom is -0.496 e. The van der Waals surface area contributed by atoms with Gasteiger partial charge in [-0.3, -0.25) is 9.36 Å². The van der Waals surface area contributed by atoms with E-state index in [-0.39, 0.29) is 5.91 Å². The monoisotopic (exact) mass is 230 g/mol. The zero-order valence-electron chi connectivity index (χ0n) is 9.59. The number of benzene rings is 1. The Morgan fingerprint density at radius 1 is 1.35 bits per heavy atom. The lowest BCUT2D eigenvalue weighted by atomic mass is 10.2. The van der Waals surface area contributed by atoms with Crippen LogP contribution in [0.3, 0.4) is 0 Å². The van der Waals surface area contributed by atoms with Crippen LogP contribution >= 0.6 is 0 Å². The van der Waals surface area contributed by atoms with Crippen molar-refractivity contribution in [3.8, 4) is 5.75 Å². The van der Waals surface area contributed by atoms with E-state index in [1.165, 1.54) is 4.57 Å². The van der Waals surface area contributed by atoms with Crippen molar-refractivity contribution in [3.63, 3.8) is 0 Å². The smallest absolute Gasteiger partial charge is 0.265 e. The van der Waals surface area contributed by atoms with Gasteiger partial charge in [-0.05, 0) is 23.8 Å². The SMILES string of the molecule is COc1ccccc1C(=O)n1ccc(CN)c1. The van der Waals surface area contributed by atoms with Crippen molar-refractivity contribution in [1.29, 1.82) is 0 Å². The van der Waals surface area contributed by atoms with Crippen LogP contribution in [0.4, 0.5) is 0 Å². The maximum absolute atomic E-state index is 12.2. The van der Waals surface area contributed by atoms with Gasteiger partial charge in [0, 0.05) is 18.9 Å². The molecule has 4 heteroatoms. The van der Waals surface area contributed by atoms with Crippen LogP contribution in [0.5, 0.6) is 5.75 Å². The maximum Gasteiger partial charge on any atom is 0.265 e. The van der Waals surface area contributed by atoms with Gasteiger partial charge in [-0.15, -0.1) is 0 Å². The lowest BCUT2D eigenvalue weighted by Crippen LogP contribution is -2.11. The molecule has 4 nitrogen and oxygen atoms in total. The lowest BCUT2D eigenvalue weighted by molar-refractivity contribution is 0.0957. The number of nitrogens with two attached hydrogens (primary N) is 1. The first-order valence-electron chi connectivity index (χ1n) is 5.31. The molecule has 0 atom stereocenters. The summed E-state index contributed by atoms with van der Waals surface area (Å²) in [5.41, 5.74) is 6.97. The highest BCUT2D eigenvalue weighted by Gasteiger charge is 2.13. The van der Waals surface area contributed by atoms with Crippen LogP contribution in [-0.4, -0.2) is 17.6 Å². The van der Waals surface area contributed by atoms with E-state index in [0.717, 1.165) is 5.56 Å². The van der Waals surface area contributed by atoms with Crippen molar-refractivity contribution >= 4 is 5.91 Å². The van der Waals surface area contributed by atoms with Crippen LogP contribution in [-0.2, 0) is 6.54 Å². The minimum atomic E-state index is -0.123. The molecule has 1 heterocycles. The van der Waals surface area contributed by atoms with Crippen LogP contribution in [0.2, 0.25) is 0 Å². The number of para-hydroxylation sites is 1. The summed E-state index contributed by atoms with van der Waals surface area (Å²) in [5, 5.41) is 0. The summed E-state index contributed by atoms with van der Waals surface area (Å²) in [5.74, 6) is 0.447. The Morgan fingerprint density at radius 3 is 2.76 bits per heavy atom. The van der Waals surface area contributed by atoms with Crippen molar-refractivity contribution in [2.75, 3.05) is 7.11 Å². The molecule has 88 valence electrons. The molecule has 0 saturated heterocycles. The minimum absolute atomic E-state index is 0.123. The number of methoxy groups -OCH3 is 1. The first-order valence-corrected chi connectivity index (χ1v) is 5.31. The molecule has 0 spiro atoms. The van der Waals surface area contributed by atoms with Gasteiger partial charge in [-0.2, -0.15) is 0 Å². The Balaban J connectivity index is 2.36. The van der Waals surface area contributed by atoms with E-state index in [4.69, 9.17) is 10.5 Å². The summed E-state index contributed by atoms with van der Waals surface area (Å²) in [6.07, 6.45) is 3.44. The topological polar surface area (TPSA) is 57.2 Å². The zero-order chi connectivity index (χ0) is 12.3. The number of hydrogen-bond acceptors (Lipinski definition) is 3. The van der Waals surface area contributed by atoms with Crippen LogP contribution in [0.1, 0.15) is 15.9 Å². The molecule has 0 bridgehead atoms. The van der Waals surface area contributed by atoms with E-state index in [1.807, 2.05) is 18.2 Å². The number of nitrogens with zero attached hydrogens (tertiary/aromatic N) is 1. The normalized spacial score (nSPS) is 10.2. The Morgan fingerprint density at radius 2 is 2.12 bits per heavy atom. The molecule has 2 N–H and O–H groups in total. The third-order valence-electron chi connectivity index (χ3n) is 2.56. The molecule has 0 radical (unpaired) electrons. The van der Waals surface area contributed by atoms with Gasteiger partial charge in [-0.25, -0.2) is 0 Å². The number of carbonyl (C=O) groups is 1. The summed E-state index contributed by atoms with van der Waals surface area (Å²) >= 11 is 0. The fourth-order valence-electron chi connectivity index (χ4n) is 1.65. The van der Waals surface area contributed by atoms with Gasteiger partial charge < -0.3 is 10.5 Å². The lowest BCUT2D eigenvalue weighted by Gasteiger charge is -2.07. The molecule has 0 fully saturated rings. The molecule has 0 unspecified atom stereocenters. The van der Waals surface area contributed by atoms with E-state index >= 15 is 0 Å². The molecule has 2 rings (SSSR count). The number of aromatic nitrogens is 1. The predicted octanol–water partition coefficient (Wildman–Crippen LogP) is 1.64. The Bertz CT molecular complexity index is 532. The Kier molecular flexibility index (Phi) is 3.25. The molecule has 0 aliphatic heterocycles. The Labute approximate surface area is 99.6 Å². The first kappa shape index (κ1) is 11.4. The third-order valence-corrected chi connectivity index (χ3v) is 2.56. The molecule has 1 aromatic heterocycles. The average molecular weight is 230 g/mol. The molecule has 0 aliphatic carbocycles. The fourth-order valence-corrected chi connectivity index (χ4v) is 1.65. The summed E-state index contributed by atoms with van der Waals surface area (Å²) in [6.45, 7) is 0.423. The highest BCUT2D eigenvalue weighted by Crippen LogP contribution is 2.18. The van der Waals surface area contributed by atoms with E-state index in [1.54, 1.807) is 31.6 Å². The summed E-state index contributed by atoms with van der Waals surface area (Å²) < 4.78 is 6.68.